The number of pyridine rings is 1. The fraction of sp³-hybridized carbons (Fsp3) is 0.519. The van der Waals surface area contributed by atoms with Gasteiger partial charge in [-0.15, -0.1) is 5.10 Å². The molecule has 0 radical (unpaired) electrons. The molecule has 1 aromatic carbocycles. The molecule has 1 aliphatic carbocycles. The first kappa shape index (κ1) is 27.0. The number of anilines is 3. The van der Waals surface area contributed by atoms with Crippen LogP contribution in [0.5, 0.6) is 0 Å². The average molecular weight is 576 g/mol. The lowest BCUT2D eigenvalue weighted by Crippen LogP contribution is -2.40. The molecule has 1 unspecified atom stereocenters. The Hall–Kier alpha value is -3.19. The van der Waals surface area contributed by atoms with Crippen molar-refractivity contribution in [1.29, 1.82) is 0 Å². The average Bonchev–Trinajstić information content (AvgIpc) is 3.50. The molecule has 6 rings (SSSR count). The molecule has 1 saturated carbocycles. The topological polar surface area (TPSA) is 99.4 Å². The molecule has 2 N–H and O–H groups in total. The van der Waals surface area contributed by atoms with E-state index in [-0.39, 0.29) is 44.1 Å². The summed E-state index contributed by atoms with van der Waals surface area (Å²) in [6, 6.07) is 8.43. The summed E-state index contributed by atoms with van der Waals surface area (Å²) in [5, 5.41) is 17.8. The van der Waals surface area contributed by atoms with Crippen LogP contribution in [-0.2, 0) is 11.0 Å². The van der Waals surface area contributed by atoms with Crippen LogP contribution >= 0.6 is 0 Å². The molecule has 1 spiro atoms. The zero-order valence-electron chi connectivity index (χ0n) is 22.0. The molecule has 3 aliphatic rings. The number of aliphatic hydroxyl groups is 1. The maximum atomic E-state index is 14.6. The van der Waals surface area contributed by atoms with Crippen molar-refractivity contribution < 1.29 is 22.5 Å². The van der Waals surface area contributed by atoms with E-state index in [4.69, 9.17) is 5.11 Å². The monoisotopic (exact) mass is 575 g/mol. The number of hydrogen-bond acceptors (Lipinski definition) is 7. The first-order chi connectivity index (χ1) is 19.2. The van der Waals surface area contributed by atoms with Gasteiger partial charge in [0.2, 0.25) is 0 Å². The van der Waals surface area contributed by atoms with Crippen LogP contribution in [0.3, 0.4) is 0 Å². The largest absolute Gasteiger partial charge is 0.395 e. The van der Waals surface area contributed by atoms with E-state index in [1.807, 2.05) is 18.2 Å². The quantitative estimate of drug-likeness (QED) is 0.416. The number of halogens is 3. The summed E-state index contributed by atoms with van der Waals surface area (Å²) in [5.74, 6) is -2.82. The minimum atomic E-state index is -2.74. The molecular formula is C27H32F3N7O2S. The summed E-state index contributed by atoms with van der Waals surface area (Å²) in [6.07, 6.45) is 5.86. The highest BCUT2D eigenvalue weighted by Crippen LogP contribution is 2.54. The number of benzene rings is 1. The van der Waals surface area contributed by atoms with Crippen LogP contribution < -0.4 is 14.5 Å². The summed E-state index contributed by atoms with van der Waals surface area (Å²) in [4.78, 5) is 8.27. The molecule has 0 bridgehead atoms. The maximum absolute atomic E-state index is 14.6. The summed E-state index contributed by atoms with van der Waals surface area (Å²) in [7, 11) is -1.40. The molecule has 2 aliphatic heterocycles. The first-order valence-corrected chi connectivity index (χ1v) is 14.9. The van der Waals surface area contributed by atoms with Crippen molar-refractivity contribution >= 4 is 28.2 Å². The Morgan fingerprint density at radius 1 is 0.975 bits per heavy atom. The number of aliphatic hydroxyl groups excluding tert-OH is 1. The maximum Gasteiger partial charge on any atom is 0.251 e. The molecule has 9 nitrogen and oxygen atoms in total. The standard InChI is InChI=1S/C27H32F3N7O2S/c28-21-3-4-24(31-25(21)36-13-9-27(29,30)10-14-36)37-18-22(32-34-37)20-2-1-19(33-40(39)16-15-38)17-23(20)35-11-7-26(5-6-26)8-12-35/h1-4,17-18,33,38H,5-16H2. The van der Waals surface area contributed by atoms with Gasteiger partial charge in [-0.2, -0.15) is 0 Å². The first-order valence-electron chi connectivity index (χ1n) is 13.6. The van der Waals surface area contributed by atoms with E-state index in [1.54, 1.807) is 11.1 Å². The minimum absolute atomic E-state index is 0.0208. The number of aromatic nitrogens is 4. The van der Waals surface area contributed by atoms with Crippen molar-refractivity contribution in [3.63, 3.8) is 0 Å². The third kappa shape index (κ3) is 5.67. The van der Waals surface area contributed by atoms with Crippen LogP contribution in [-0.4, -0.2) is 73.8 Å². The Bertz CT molecular complexity index is 1390. The summed E-state index contributed by atoms with van der Waals surface area (Å²) in [6.45, 7) is 1.68. The smallest absolute Gasteiger partial charge is 0.251 e. The third-order valence-corrected chi connectivity index (χ3v) is 9.26. The van der Waals surface area contributed by atoms with E-state index >= 15 is 0 Å². The minimum Gasteiger partial charge on any atom is -0.395 e. The van der Waals surface area contributed by atoms with Gasteiger partial charge in [0, 0.05) is 56.0 Å². The molecule has 214 valence electrons. The van der Waals surface area contributed by atoms with Gasteiger partial charge >= 0.3 is 0 Å². The SMILES string of the molecule is O=S(CCO)Nc1ccc(-c2cn(-c3ccc(F)c(N4CCC(F)(F)CC4)n3)nn2)c(N2CCC3(CC2)CC3)c1. The van der Waals surface area contributed by atoms with Crippen LogP contribution in [0.2, 0.25) is 0 Å². The second-order valence-electron chi connectivity index (χ2n) is 11.0. The summed E-state index contributed by atoms with van der Waals surface area (Å²) < 4.78 is 58.6. The molecule has 0 amide bonds. The third-order valence-electron chi connectivity index (χ3n) is 8.24. The summed E-state index contributed by atoms with van der Waals surface area (Å²) >= 11 is 0. The molecule has 2 aromatic heterocycles. The van der Waals surface area contributed by atoms with Crippen molar-refractivity contribution in [2.45, 2.75) is 44.4 Å². The molecular weight excluding hydrogens is 543 g/mol. The molecule has 1 atom stereocenters. The highest BCUT2D eigenvalue weighted by atomic mass is 32.2. The highest BCUT2D eigenvalue weighted by molar-refractivity contribution is 7.86. The van der Waals surface area contributed by atoms with E-state index in [9.17, 15) is 17.4 Å². The van der Waals surface area contributed by atoms with E-state index in [0.717, 1.165) is 37.2 Å². The van der Waals surface area contributed by atoms with Gasteiger partial charge in [0.15, 0.2) is 17.5 Å². The number of piperidine rings is 2. The normalized spacial score (nSPS) is 20.5. The zero-order valence-corrected chi connectivity index (χ0v) is 22.8. The predicted molar refractivity (Wildman–Crippen MR) is 148 cm³/mol. The van der Waals surface area contributed by atoms with Crippen molar-refractivity contribution in [2.24, 2.45) is 5.41 Å². The lowest BCUT2D eigenvalue weighted by atomic mass is 9.93. The number of alkyl halides is 2. The molecule has 40 heavy (non-hydrogen) atoms. The van der Waals surface area contributed by atoms with Crippen molar-refractivity contribution in [2.75, 3.05) is 53.1 Å². The van der Waals surface area contributed by atoms with Gasteiger partial charge in [0.1, 0.15) is 16.7 Å². The van der Waals surface area contributed by atoms with E-state index < -0.39 is 22.7 Å². The van der Waals surface area contributed by atoms with Crippen molar-refractivity contribution in [1.82, 2.24) is 20.0 Å². The van der Waals surface area contributed by atoms with E-state index in [1.165, 1.54) is 29.7 Å². The van der Waals surface area contributed by atoms with Crippen LogP contribution in [0.1, 0.15) is 38.5 Å². The molecule has 2 saturated heterocycles. The number of nitrogens with one attached hydrogen (secondary N) is 1. The second-order valence-corrected chi connectivity index (χ2v) is 12.3. The van der Waals surface area contributed by atoms with Gasteiger partial charge in [-0.3, -0.25) is 0 Å². The van der Waals surface area contributed by atoms with E-state index in [0.29, 0.717) is 22.6 Å². The number of hydrogen-bond donors (Lipinski definition) is 2. The Morgan fingerprint density at radius 3 is 2.40 bits per heavy atom. The molecule has 4 heterocycles. The van der Waals surface area contributed by atoms with Gasteiger partial charge < -0.3 is 19.6 Å². The Labute approximate surface area is 233 Å². The zero-order chi connectivity index (χ0) is 27.9. The van der Waals surface area contributed by atoms with E-state index in [2.05, 4.69) is 24.9 Å². The number of rotatable bonds is 8. The number of nitrogens with zero attached hydrogens (tertiary/aromatic N) is 6. The fourth-order valence-electron chi connectivity index (χ4n) is 5.55. The Balaban J connectivity index is 1.28. The second kappa shape index (κ2) is 10.7. The van der Waals surface area contributed by atoms with Gasteiger partial charge in [-0.25, -0.2) is 27.0 Å². The molecule has 3 aromatic rings. The molecule has 3 fully saturated rings. The van der Waals surface area contributed by atoms with Gasteiger partial charge in [-0.05, 0) is 61.4 Å². The Morgan fingerprint density at radius 2 is 1.70 bits per heavy atom. The van der Waals surface area contributed by atoms with Crippen LogP contribution in [0.15, 0.2) is 36.5 Å². The van der Waals surface area contributed by atoms with Crippen LogP contribution in [0, 0.1) is 11.2 Å². The summed E-state index contributed by atoms with van der Waals surface area (Å²) in [5.41, 5.74) is 3.55. The Kier molecular flexibility index (Phi) is 7.19. The van der Waals surface area contributed by atoms with Gasteiger partial charge in [-0.1, -0.05) is 5.21 Å². The lowest BCUT2D eigenvalue weighted by molar-refractivity contribution is -0.0222. The van der Waals surface area contributed by atoms with Crippen LogP contribution in [0.25, 0.3) is 17.1 Å². The van der Waals surface area contributed by atoms with Crippen molar-refractivity contribution in [3.05, 3.63) is 42.3 Å². The van der Waals surface area contributed by atoms with Crippen molar-refractivity contribution in [3.8, 4) is 17.1 Å². The van der Waals surface area contributed by atoms with Gasteiger partial charge in [0.05, 0.1) is 18.6 Å². The predicted octanol–water partition coefficient (Wildman–Crippen LogP) is 4.15. The highest BCUT2D eigenvalue weighted by Gasteiger charge is 2.44. The lowest BCUT2D eigenvalue weighted by Gasteiger charge is -2.35. The van der Waals surface area contributed by atoms with Crippen LogP contribution in [0.4, 0.5) is 30.4 Å². The molecule has 13 heteroatoms. The fourth-order valence-corrected chi connectivity index (χ4v) is 6.21. The van der Waals surface area contributed by atoms with Gasteiger partial charge in [0.25, 0.3) is 5.92 Å².